The molecule has 5 heteroatoms. The van der Waals surface area contributed by atoms with E-state index in [-0.39, 0.29) is 12.1 Å². The first-order valence-corrected chi connectivity index (χ1v) is 4.76. The van der Waals surface area contributed by atoms with Crippen LogP contribution in [0, 0.1) is 0 Å². The maximum Gasteiger partial charge on any atom is 0.324 e. The van der Waals surface area contributed by atoms with Crippen molar-refractivity contribution in [2.75, 3.05) is 13.2 Å². The highest BCUT2D eigenvalue weighted by atomic mass is 35.5. The van der Waals surface area contributed by atoms with Gasteiger partial charge in [-0.1, -0.05) is 0 Å². The van der Waals surface area contributed by atoms with Crippen molar-refractivity contribution in [3.05, 3.63) is 0 Å². The van der Waals surface area contributed by atoms with E-state index in [0.717, 1.165) is 12.8 Å². The number of hydrogen-bond acceptors (Lipinski definition) is 4. The van der Waals surface area contributed by atoms with Crippen LogP contribution in [0.2, 0.25) is 0 Å². The molecule has 0 saturated carbocycles. The highest BCUT2D eigenvalue weighted by Crippen LogP contribution is 2.11. The first kappa shape index (κ1) is 10.8. The van der Waals surface area contributed by atoms with Crippen LogP contribution in [0.4, 0.5) is 0 Å². The van der Waals surface area contributed by atoms with Gasteiger partial charge in [0, 0.05) is 12.8 Å². The molecular weight excluding hydrogens is 194 g/mol. The summed E-state index contributed by atoms with van der Waals surface area (Å²) in [6.45, 7) is 3.00. The summed E-state index contributed by atoms with van der Waals surface area (Å²) in [5.41, 5.74) is 0. The van der Waals surface area contributed by atoms with Crippen LogP contribution in [0.5, 0.6) is 0 Å². The van der Waals surface area contributed by atoms with Crippen molar-refractivity contribution < 1.29 is 14.3 Å². The van der Waals surface area contributed by atoms with E-state index in [2.05, 4.69) is 4.84 Å². The molecule has 1 aliphatic heterocycles. The monoisotopic (exact) mass is 207 g/mol. The molecule has 4 nitrogen and oxygen atoms in total. The third-order valence-electron chi connectivity index (χ3n) is 1.97. The molecule has 1 heterocycles. The number of hydrogen-bond donors (Lipinski definition) is 1. The van der Waals surface area contributed by atoms with E-state index in [1.165, 1.54) is 0 Å². The van der Waals surface area contributed by atoms with Crippen LogP contribution in [0.3, 0.4) is 0 Å². The normalized spacial score (nSPS) is 21.1. The van der Waals surface area contributed by atoms with Gasteiger partial charge < -0.3 is 9.47 Å². The molecule has 1 rings (SSSR count). The molecule has 0 spiro atoms. The van der Waals surface area contributed by atoms with Crippen LogP contribution in [-0.2, 0) is 14.3 Å². The number of halogens is 1. The number of nitrogens with one attached hydrogen (secondary N) is 1. The van der Waals surface area contributed by atoms with E-state index < -0.39 is 6.04 Å². The summed E-state index contributed by atoms with van der Waals surface area (Å²) < 4.78 is 10.3. The summed E-state index contributed by atoms with van der Waals surface area (Å²) in [4.78, 5) is 13.6. The van der Waals surface area contributed by atoms with E-state index in [4.69, 9.17) is 21.3 Å². The largest absolute Gasteiger partial charge is 0.461 e. The second-order valence-electron chi connectivity index (χ2n) is 3.08. The van der Waals surface area contributed by atoms with Crippen LogP contribution < -0.4 is 4.84 Å². The summed E-state index contributed by atoms with van der Waals surface area (Å²) >= 11 is 5.29. The lowest BCUT2D eigenvalue weighted by Gasteiger charge is -2.23. The van der Waals surface area contributed by atoms with Gasteiger partial charge in [0.2, 0.25) is 0 Å². The third kappa shape index (κ3) is 3.50. The number of esters is 1. The van der Waals surface area contributed by atoms with Crippen LogP contribution in [-0.4, -0.2) is 31.3 Å². The van der Waals surface area contributed by atoms with Gasteiger partial charge in [-0.3, -0.25) is 4.79 Å². The summed E-state index contributed by atoms with van der Waals surface area (Å²) in [7, 11) is 0. The highest BCUT2D eigenvalue weighted by Gasteiger charge is 2.21. The minimum Gasteiger partial charge on any atom is -0.461 e. The van der Waals surface area contributed by atoms with Gasteiger partial charge in [-0.15, -0.1) is 0 Å². The fourth-order valence-corrected chi connectivity index (χ4v) is 1.19. The predicted molar refractivity (Wildman–Crippen MR) is 48.4 cm³/mol. The van der Waals surface area contributed by atoms with Crippen LogP contribution in [0.25, 0.3) is 0 Å². The maximum absolute atomic E-state index is 11.2. The van der Waals surface area contributed by atoms with Crippen molar-refractivity contribution in [2.45, 2.75) is 31.9 Å². The summed E-state index contributed by atoms with van der Waals surface area (Å²) in [6, 6.07) is -0.454. The van der Waals surface area contributed by atoms with Gasteiger partial charge >= 0.3 is 5.97 Å². The Balaban J connectivity index is 2.26. The SMILES string of the molecule is C[C@H](NCl)C(=O)OC1CCOCC1. The number of rotatable bonds is 3. The smallest absolute Gasteiger partial charge is 0.324 e. The molecule has 0 radical (unpaired) electrons. The Kier molecular flexibility index (Phi) is 4.48. The zero-order chi connectivity index (χ0) is 9.68. The predicted octanol–water partition coefficient (Wildman–Crippen LogP) is 0.841. The summed E-state index contributed by atoms with van der Waals surface area (Å²) in [6.07, 6.45) is 1.55. The fraction of sp³-hybridized carbons (Fsp3) is 0.875. The van der Waals surface area contributed by atoms with Gasteiger partial charge in [0.25, 0.3) is 0 Å². The van der Waals surface area contributed by atoms with E-state index in [1.807, 2.05) is 0 Å². The second kappa shape index (κ2) is 5.42. The average Bonchev–Trinajstić information content (AvgIpc) is 2.18. The van der Waals surface area contributed by atoms with Gasteiger partial charge in [-0.25, -0.2) is 4.84 Å². The Hall–Kier alpha value is -0.320. The molecule has 0 aliphatic carbocycles. The second-order valence-corrected chi connectivity index (χ2v) is 3.30. The summed E-state index contributed by atoms with van der Waals surface area (Å²) in [5.74, 6) is -0.304. The Bertz CT molecular complexity index is 171. The van der Waals surface area contributed by atoms with Crippen molar-refractivity contribution in [2.24, 2.45) is 0 Å². The number of ether oxygens (including phenoxy) is 2. The lowest BCUT2D eigenvalue weighted by molar-refractivity contribution is -0.154. The highest BCUT2D eigenvalue weighted by molar-refractivity contribution is 6.14. The van der Waals surface area contributed by atoms with Crippen molar-refractivity contribution in [3.63, 3.8) is 0 Å². The Morgan fingerprint density at radius 1 is 1.62 bits per heavy atom. The van der Waals surface area contributed by atoms with Crippen molar-refractivity contribution in [3.8, 4) is 0 Å². The lowest BCUT2D eigenvalue weighted by atomic mass is 10.1. The zero-order valence-electron chi connectivity index (χ0n) is 7.59. The average molecular weight is 208 g/mol. The third-order valence-corrected chi connectivity index (χ3v) is 2.30. The molecule has 0 amide bonds. The topological polar surface area (TPSA) is 47.6 Å². The maximum atomic E-state index is 11.2. The fourth-order valence-electron chi connectivity index (χ4n) is 1.10. The molecule has 1 fully saturated rings. The van der Waals surface area contributed by atoms with Gasteiger partial charge in [-0.05, 0) is 18.7 Å². The molecular formula is C8H14ClNO3. The standard InChI is InChI=1S/C8H14ClNO3/c1-6(10-9)8(11)13-7-2-4-12-5-3-7/h6-7,10H,2-5H2,1H3/t6-/m0/s1. The lowest BCUT2D eigenvalue weighted by Crippen LogP contribution is -2.34. The Morgan fingerprint density at radius 2 is 2.23 bits per heavy atom. The Labute approximate surface area is 82.6 Å². The first-order valence-electron chi connectivity index (χ1n) is 4.38. The summed E-state index contributed by atoms with van der Waals surface area (Å²) in [5, 5.41) is 0. The zero-order valence-corrected chi connectivity index (χ0v) is 8.34. The van der Waals surface area contributed by atoms with Crippen LogP contribution >= 0.6 is 11.8 Å². The number of carbonyl (C=O) groups excluding carboxylic acids is 1. The van der Waals surface area contributed by atoms with Gasteiger partial charge in [0.15, 0.2) is 0 Å². The van der Waals surface area contributed by atoms with Crippen molar-refractivity contribution in [1.82, 2.24) is 4.84 Å². The quantitative estimate of drug-likeness (QED) is 0.551. The van der Waals surface area contributed by atoms with Crippen molar-refractivity contribution in [1.29, 1.82) is 0 Å². The van der Waals surface area contributed by atoms with Crippen LogP contribution in [0.15, 0.2) is 0 Å². The van der Waals surface area contributed by atoms with E-state index >= 15 is 0 Å². The molecule has 0 bridgehead atoms. The molecule has 0 aromatic carbocycles. The van der Waals surface area contributed by atoms with Gasteiger partial charge in [0.05, 0.1) is 13.2 Å². The van der Waals surface area contributed by atoms with E-state index in [0.29, 0.717) is 13.2 Å². The molecule has 0 aromatic heterocycles. The molecule has 1 aliphatic rings. The number of carbonyl (C=O) groups is 1. The Morgan fingerprint density at radius 3 is 2.77 bits per heavy atom. The molecule has 0 aromatic rings. The molecule has 76 valence electrons. The van der Waals surface area contributed by atoms with E-state index in [9.17, 15) is 4.79 Å². The van der Waals surface area contributed by atoms with Crippen molar-refractivity contribution >= 4 is 17.7 Å². The minimum atomic E-state index is -0.454. The van der Waals surface area contributed by atoms with Gasteiger partial charge in [0.1, 0.15) is 12.1 Å². The van der Waals surface area contributed by atoms with E-state index in [1.54, 1.807) is 6.92 Å². The van der Waals surface area contributed by atoms with Gasteiger partial charge in [-0.2, -0.15) is 0 Å². The molecule has 0 unspecified atom stereocenters. The molecule has 1 saturated heterocycles. The van der Waals surface area contributed by atoms with Crippen LogP contribution in [0.1, 0.15) is 19.8 Å². The molecule has 13 heavy (non-hydrogen) atoms. The molecule has 1 atom stereocenters. The first-order chi connectivity index (χ1) is 6.24. The minimum absolute atomic E-state index is 0.00582. The molecule has 1 N–H and O–H groups in total.